The lowest BCUT2D eigenvalue weighted by Gasteiger charge is -2.39. The van der Waals surface area contributed by atoms with Crippen LogP contribution in [0.4, 0.5) is 10.1 Å². The van der Waals surface area contributed by atoms with Gasteiger partial charge in [-0.1, -0.05) is 6.92 Å². The summed E-state index contributed by atoms with van der Waals surface area (Å²) in [5, 5.41) is 9.78. The van der Waals surface area contributed by atoms with Crippen LogP contribution in [-0.4, -0.2) is 18.1 Å². The maximum atomic E-state index is 14.1. The number of sulfonamides is 1. The van der Waals surface area contributed by atoms with Gasteiger partial charge >= 0.3 is 0 Å². The van der Waals surface area contributed by atoms with Crippen molar-refractivity contribution in [3.63, 3.8) is 0 Å². The van der Waals surface area contributed by atoms with E-state index in [1.807, 2.05) is 30.5 Å². The Balaban J connectivity index is 2.00. The predicted octanol–water partition coefficient (Wildman–Crippen LogP) is 4.60. The van der Waals surface area contributed by atoms with Crippen LogP contribution in [0.3, 0.4) is 0 Å². The number of benzene rings is 2. The minimum absolute atomic E-state index is 0.0283. The van der Waals surface area contributed by atoms with Crippen molar-refractivity contribution in [2.45, 2.75) is 38.1 Å². The molecule has 0 radical (unpaired) electrons. The Labute approximate surface area is 163 Å². The number of phenols is 1. The molecule has 1 aromatic heterocycles. The van der Waals surface area contributed by atoms with Crippen LogP contribution in [0.5, 0.6) is 5.75 Å². The average Bonchev–Trinajstić information content (AvgIpc) is 3.04. The van der Waals surface area contributed by atoms with Gasteiger partial charge in [-0.05, 0) is 68.3 Å². The van der Waals surface area contributed by atoms with Crippen molar-refractivity contribution in [1.82, 2.24) is 4.57 Å². The number of hydrogen-bond acceptors (Lipinski definition) is 3. The van der Waals surface area contributed by atoms with E-state index in [1.165, 1.54) is 34.6 Å². The summed E-state index contributed by atoms with van der Waals surface area (Å²) in [7, 11) is -3.98. The summed E-state index contributed by atoms with van der Waals surface area (Å²) in [5.74, 6) is -0.468. The van der Waals surface area contributed by atoms with E-state index in [0.717, 1.165) is 11.4 Å². The van der Waals surface area contributed by atoms with E-state index in [1.54, 1.807) is 13.0 Å². The molecule has 2 heterocycles. The van der Waals surface area contributed by atoms with E-state index >= 15 is 0 Å². The zero-order chi connectivity index (χ0) is 20.2. The lowest BCUT2D eigenvalue weighted by atomic mass is 10.1. The zero-order valence-corrected chi connectivity index (χ0v) is 16.7. The monoisotopic (exact) mass is 400 g/mol. The Hall–Kier alpha value is -2.80. The van der Waals surface area contributed by atoms with Crippen molar-refractivity contribution < 1.29 is 17.9 Å². The third-order valence-electron chi connectivity index (χ3n) is 5.26. The van der Waals surface area contributed by atoms with Gasteiger partial charge in [0, 0.05) is 17.5 Å². The molecule has 0 bridgehead atoms. The maximum Gasteiger partial charge on any atom is 0.265 e. The SMILES string of the molecule is CCC1c2ccc(C)n2-c2ccc(F)cc2N1S(=O)(=O)c1ccc(O)c(C)c1. The second-order valence-corrected chi connectivity index (χ2v) is 8.86. The molecule has 0 spiro atoms. The highest BCUT2D eigenvalue weighted by Gasteiger charge is 2.39. The molecule has 0 fully saturated rings. The number of nitrogens with zero attached hydrogens (tertiary/aromatic N) is 2. The fraction of sp³-hybridized carbons (Fsp3) is 0.238. The van der Waals surface area contributed by atoms with Crippen LogP contribution in [0.1, 0.15) is 36.3 Å². The number of rotatable bonds is 3. The molecule has 4 rings (SSSR count). The summed E-state index contributed by atoms with van der Waals surface area (Å²) in [6, 6.07) is 11.8. The fourth-order valence-electron chi connectivity index (χ4n) is 3.87. The van der Waals surface area contributed by atoms with Gasteiger partial charge in [-0.3, -0.25) is 4.31 Å². The number of aryl methyl sites for hydroxylation is 2. The molecule has 1 aliphatic heterocycles. The second kappa shape index (κ2) is 6.38. The molecule has 0 aliphatic carbocycles. The summed E-state index contributed by atoms with van der Waals surface area (Å²) in [5.41, 5.74) is 3.20. The molecule has 28 heavy (non-hydrogen) atoms. The molecular formula is C21H21FN2O3S. The summed E-state index contributed by atoms with van der Waals surface area (Å²) >= 11 is 0. The van der Waals surface area contributed by atoms with Crippen molar-refractivity contribution in [3.05, 3.63) is 71.3 Å². The molecule has 146 valence electrons. The van der Waals surface area contributed by atoms with E-state index in [2.05, 4.69) is 0 Å². The molecule has 1 aliphatic rings. The summed E-state index contributed by atoms with van der Waals surface area (Å²) < 4.78 is 44.7. The van der Waals surface area contributed by atoms with Crippen LogP contribution in [0.15, 0.2) is 53.4 Å². The summed E-state index contributed by atoms with van der Waals surface area (Å²) in [4.78, 5) is 0.0631. The Kier molecular flexibility index (Phi) is 4.23. The molecular weight excluding hydrogens is 379 g/mol. The number of halogens is 1. The van der Waals surface area contributed by atoms with Crippen molar-refractivity contribution >= 4 is 15.7 Å². The molecule has 1 N–H and O–H groups in total. The van der Waals surface area contributed by atoms with Crippen molar-refractivity contribution in [3.8, 4) is 11.4 Å². The predicted molar refractivity (Wildman–Crippen MR) is 106 cm³/mol. The third-order valence-corrected chi connectivity index (χ3v) is 7.08. The van der Waals surface area contributed by atoms with Crippen LogP contribution in [0.25, 0.3) is 5.69 Å². The summed E-state index contributed by atoms with van der Waals surface area (Å²) in [6.07, 6.45) is 0.524. The number of aromatic nitrogens is 1. The first kappa shape index (κ1) is 18.6. The van der Waals surface area contributed by atoms with Gasteiger partial charge < -0.3 is 9.67 Å². The molecule has 0 saturated heterocycles. The molecule has 5 nitrogen and oxygen atoms in total. The van der Waals surface area contributed by atoms with Gasteiger partial charge in [0.05, 0.1) is 22.3 Å². The van der Waals surface area contributed by atoms with Gasteiger partial charge in [-0.25, -0.2) is 12.8 Å². The van der Waals surface area contributed by atoms with Crippen LogP contribution >= 0.6 is 0 Å². The average molecular weight is 400 g/mol. The Morgan fingerprint density at radius 3 is 2.46 bits per heavy atom. The number of phenolic OH excluding ortho intramolecular Hbond substituents is 1. The minimum Gasteiger partial charge on any atom is -0.508 e. The Morgan fingerprint density at radius 2 is 1.79 bits per heavy atom. The summed E-state index contributed by atoms with van der Waals surface area (Å²) in [6.45, 7) is 5.49. The number of aromatic hydroxyl groups is 1. The van der Waals surface area contributed by atoms with E-state index < -0.39 is 21.9 Å². The van der Waals surface area contributed by atoms with E-state index in [0.29, 0.717) is 23.4 Å². The quantitative estimate of drug-likeness (QED) is 0.699. The van der Waals surface area contributed by atoms with Gasteiger partial charge in [0.25, 0.3) is 10.0 Å². The lowest BCUT2D eigenvalue weighted by Crippen LogP contribution is -2.39. The van der Waals surface area contributed by atoms with Gasteiger partial charge in [0.2, 0.25) is 0 Å². The van der Waals surface area contributed by atoms with Crippen LogP contribution in [0.2, 0.25) is 0 Å². The Bertz CT molecular complexity index is 1180. The highest BCUT2D eigenvalue weighted by Crippen LogP contribution is 2.45. The minimum atomic E-state index is -3.98. The standard InChI is InChI=1S/C21H21FN2O3S/c1-4-17-18-8-5-14(3)23(18)19-9-6-15(22)12-20(19)24(17)28(26,27)16-7-10-21(25)13(2)11-16/h5-12,17,25H,4H2,1-3H3. The highest BCUT2D eigenvalue weighted by molar-refractivity contribution is 7.92. The molecule has 1 atom stereocenters. The van der Waals surface area contributed by atoms with E-state index in [-0.39, 0.29) is 10.6 Å². The van der Waals surface area contributed by atoms with Crippen molar-refractivity contribution in [1.29, 1.82) is 0 Å². The molecule has 2 aromatic carbocycles. The van der Waals surface area contributed by atoms with Crippen molar-refractivity contribution in [2.24, 2.45) is 0 Å². The highest BCUT2D eigenvalue weighted by atomic mass is 32.2. The van der Waals surface area contributed by atoms with Gasteiger partial charge in [-0.15, -0.1) is 0 Å². The molecule has 7 heteroatoms. The first-order chi connectivity index (χ1) is 13.3. The molecule has 1 unspecified atom stereocenters. The topological polar surface area (TPSA) is 62.5 Å². The van der Waals surface area contributed by atoms with Crippen LogP contribution in [-0.2, 0) is 10.0 Å². The second-order valence-electron chi connectivity index (χ2n) is 7.04. The molecule has 3 aromatic rings. The van der Waals surface area contributed by atoms with Gasteiger partial charge in [0.15, 0.2) is 0 Å². The van der Waals surface area contributed by atoms with Crippen molar-refractivity contribution in [2.75, 3.05) is 4.31 Å². The lowest BCUT2D eigenvalue weighted by molar-refractivity contribution is 0.470. The number of fused-ring (bicyclic) bond motifs is 3. The Morgan fingerprint density at radius 1 is 1.04 bits per heavy atom. The molecule has 0 saturated carbocycles. The van der Waals surface area contributed by atoms with Crippen LogP contribution in [0, 0.1) is 19.7 Å². The normalized spacial score (nSPS) is 16.0. The van der Waals surface area contributed by atoms with Gasteiger partial charge in [0.1, 0.15) is 11.6 Å². The first-order valence-corrected chi connectivity index (χ1v) is 10.5. The van der Waals surface area contributed by atoms with E-state index in [4.69, 9.17) is 0 Å². The zero-order valence-electron chi connectivity index (χ0n) is 15.8. The first-order valence-electron chi connectivity index (χ1n) is 9.08. The van der Waals surface area contributed by atoms with Crippen LogP contribution < -0.4 is 4.31 Å². The van der Waals surface area contributed by atoms with E-state index in [9.17, 15) is 17.9 Å². The van der Waals surface area contributed by atoms with Gasteiger partial charge in [-0.2, -0.15) is 0 Å². The smallest absolute Gasteiger partial charge is 0.265 e. The number of anilines is 1. The largest absolute Gasteiger partial charge is 0.508 e. The number of hydrogen-bond donors (Lipinski definition) is 1. The molecule has 0 amide bonds. The third kappa shape index (κ3) is 2.61. The maximum absolute atomic E-state index is 14.1. The fourth-order valence-corrected chi connectivity index (χ4v) is 5.66.